The zero-order chi connectivity index (χ0) is 14.1. The number of hydrogen-bond acceptors (Lipinski definition) is 2. The minimum atomic E-state index is 0.682. The Morgan fingerprint density at radius 1 is 1.05 bits per heavy atom. The highest BCUT2D eigenvalue weighted by Gasteiger charge is 2.12. The number of nitrogens with zero attached hydrogens (tertiary/aromatic N) is 1. The molecule has 0 amide bonds. The maximum absolute atomic E-state index is 6.43. The Morgan fingerprint density at radius 3 is 2.45 bits per heavy atom. The van der Waals surface area contributed by atoms with Gasteiger partial charge in [-0.2, -0.15) is 0 Å². The van der Waals surface area contributed by atoms with Crippen LogP contribution in [0.4, 0.5) is 0 Å². The second-order valence-electron chi connectivity index (χ2n) is 4.33. The van der Waals surface area contributed by atoms with Crippen molar-refractivity contribution in [2.75, 3.05) is 7.11 Å². The third-order valence-electron chi connectivity index (χ3n) is 3.14. The molecule has 0 unspecified atom stereocenters. The lowest BCUT2D eigenvalue weighted by molar-refractivity contribution is 0.415. The number of methoxy groups -OCH3 is 1. The molecule has 4 heteroatoms. The van der Waals surface area contributed by atoms with Gasteiger partial charge in [0.25, 0.3) is 0 Å². The lowest BCUT2D eigenvalue weighted by Gasteiger charge is -2.09. The third kappa shape index (κ3) is 2.28. The summed E-state index contributed by atoms with van der Waals surface area (Å²) in [5.41, 5.74) is 2.70. The molecule has 0 fully saturated rings. The van der Waals surface area contributed by atoms with E-state index >= 15 is 0 Å². The summed E-state index contributed by atoms with van der Waals surface area (Å²) >= 11 is 9.98. The van der Waals surface area contributed by atoms with Crippen LogP contribution >= 0.6 is 27.5 Å². The fourth-order valence-corrected chi connectivity index (χ4v) is 2.87. The van der Waals surface area contributed by atoms with E-state index in [0.29, 0.717) is 5.02 Å². The smallest absolute Gasteiger partial charge is 0.118 e. The molecule has 0 radical (unpaired) electrons. The molecule has 0 spiro atoms. The topological polar surface area (TPSA) is 22.1 Å². The minimum absolute atomic E-state index is 0.682. The number of halogens is 2. The van der Waals surface area contributed by atoms with Crippen molar-refractivity contribution >= 4 is 38.4 Å². The van der Waals surface area contributed by atoms with E-state index in [2.05, 4.69) is 20.9 Å². The van der Waals surface area contributed by atoms with Crippen molar-refractivity contribution in [2.24, 2.45) is 0 Å². The van der Waals surface area contributed by atoms with E-state index < -0.39 is 0 Å². The van der Waals surface area contributed by atoms with Crippen LogP contribution in [-0.4, -0.2) is 12.1 Å². The summed E-state index contributed by atoms with van der Waals surface area (Å²) < 4.78 is 5.98. The van der Waals surface area contributed by atoms with Gasteiger partial charge in [-0.3, -0.25) is 0 Å². The van der Waals surface area contributed by atoms with Crippen LogP contribution in [0.1, 0.15) is 0 Å². The van der Waals surface area contributed by atoms with Crippen LogP contribution in [-0.2, 0) is 0 Å². The lowest BCUT2D eigenvalue weighted by Crippen LogP contribution is -1.90. The molecule has 1 aromatic heterocycles. The number of para-hydroxylation sites is 1. The van der Waals surface area contributed by atoms with E-state index in [9.17, 15) is 0 Å². The molecule has 2 aromatic carbocycles. The summed E-state index contributed by atoms with van der Waals surface area (Å²) in [6, 6.07) is 15.6. The Kier molecular flexibility index (Phi) is 3.64. The second kappa shape index (κ2) is 5.43. The van der Waals surface area contributed by atoms with Gasteiger partial charge in [-0.05, 0) is 46.3 Å². The molecule has 0 atom stereocenters. The number of benzene rings is 2. The molecule has 0 N–H and O–H groups in total. The minimum Gasteiger partial charge on any atom is -0.497 e. The van der Waals surface area contributed by atoms with Crippen LogP contribution < -0.4 is 4.74 Å². The van der Waals surface area contributed by atoms with E-state index in [0.717, 1.165) is 32.4 Å². The summed E-state index contributed by atoms with van der Waals surface area (Å²) in [4.78, 5) is 4.69. The van der Waals surface area contributed by atoms with Gasteiger partial charge in [-0.1, -0.05) is 29.8 Å². The number of hydrogen-bond donors (Lipinski definition) is 0. The summed E-state index contributed by atoms with van der Waals surface area (Å²) in [6.07, 6.45) is 0. The first kappa shape index (κ1) is 13.4. The first-order valence-electron chi connectivity index (χ1n) is 6.09. The van der Waals surface area contributed by atoms with Crippen molar-refractivity contribution in [2.45, 2.75) is 0 Å². The van der Waals surface area contributed by atoms with Crippen molar-refractivity contribution in [1.29, 1.82) is 0 Å². The second-order valence-corrected chi connectivity index (χ2v) is 5.50. The quantitative estimate of drug-likeness (QED) is 0.625. The Morgan fingerprint density at radius 2 is 1.75 bits per heavy atom. The third-order valence-corrected chi connectivity index (χ3v) is 4.53. The van der Waals surface area contributed by atoms with Gasteiger partial charge in [-0.15, -0.1) is 0 Å². The van der Waals surface area contributed by atoms with Crippen molar-refractivity contribution < 1.29 is 4.74 Å². The lowest BCUT2D eigenvalue weighted by atomic mass is 10.1. The molecule has 0 aliphatic carbocycles. The van der Waals surface area contributed by atoms with Crippen LogP contribution in [0.2, 0.25) is 5.02 Å². The standard InChI is InChI=1S/C16H11BrClNO/c1-20-11-8-6-10(7-9-11)16-14(17)15(18)12-4-2-3-5-13(12)19-16/h2-9H,1H3. The zero-order valence-corrected chi connectivity index (χ0v) is 13.1. The molecule has 3 rings (SSSR count). The van der Waals surface area contributed by atoms with Crippen molar-refractivity contribution in [3.05, 3.63) is 58.0 Å². The molecule has 2 nitrogen and oxygen atoms in total. The molecule has 1 heterocycles. The maximum atomic E-state index is 6.43. The molecule has 0 bridgehead atoms. The Hall–Kier alpha value is -1.58. The Balaban J connectivity index is 2.22. The summed E-state index contributed by atoms with van der Waals surface area (Å²) in [6.45, 7) is 0. The van der Waals surface area contributed by atoms with Crippen LogP contribution in [0.15, 0.2) is 53.0 Å². The zero-order valence-electron chi connectivity index (χ0n) is 10.7. The maximum Gasteiger partial charge on any atom is 0.118 e. The molecule has 0 aliphatic heterocycles. The van der Waals surface area contributed by atoms with Crippen LogP contribution in [0.5, 0.6) is 5.75 Å². The number of pyridine rings is 1. The van der Waals surface area contributed by atoms with Gasteiger partial charge in [0.2, 0.25) is 0 Å². The van der Waals surface area contributed by atoms with E-state index in [-0.39, 0.29) is 0 Å². The SMILES string of the molecule is COc1ccc(-c2nc3ccccc3c(Cl)c2Br)cc1. The average molecular weight is 349 g/mol. The van der Waals surface area contributed by atoms with Gasteiger partial charge in [0.15, 0.2) is 0 Å². The first-order chi connectivity index (χ1) is 9.70. The number of fused-ring (bicyclic) bond motifs is 1. The van der Waals surface area contributed by atoms with Crippen molar-refractivity contribution in [1.82, 2.24) is 4.98 Å². The van der Waals surface area contributed by atoms with E-state index in [4.69, 9.17) is 16.3 Å². The van der Waals surface area contributed by atoms with Gasteiger partial charge in [0.05, 0.1) is 27.8 Å². The molecular weight excluding hydrogens is 338 g/mol. The van der Waals surface area contributed by atoms with Gasteiger partial charge < -0.3 is 4.74 Å². The molecule has 20 heavy (non-hydrogen) atoms. The average Bonchev–Trinajstić information content (AvgIpc) is 2.51. The number of rotatable bonds is 2. The van der Waals surface area contributed by atoms with E-state index in [1.807, 2.05) is 48.5 Å². The molecule has 0 aliphatic rings. The number of aromatic nitrogens is 1. The Labute approximate surface area is 130 Å². The number of ether oxygens (including phenoxy) is 1. The van der Waals surface area contributed by atoms with Crippen LogP contribution in [0, 0.1) is 0 Å². The van der Waals surface area contributed by atoms with Crippen molar-refractivity contribution in [3.8, 4) is 17.0 Å². The van der Waals surface area contributed by atoms with Crippen LogP contribution in [0.25, 0.3) is 22.2 Å². The highest BCUT2D eigenvalue weighted by molar-refractivity contribution is 9.10. The largest absolute Gasteiger partial charge is 0.497 e. The summed E-state index contributed by atoms with van der Waals surface area (Å²) in [7, 11) is 1.65. The predicted molar refractivity (Wildman–Crippen MR) is 86.4 cm³/mol. The van der Waals surface area contributed by atoms with Crippen LogP contribution in [0.3, 0.4) is 0 Å². The normalized spacial score (nSPS) is 10.8. The first-order valence-corrected chi connectivity index (χ1v) is 7.26. The fourth-order valence-electron chi connectivity index (χ4n) is 2.09. The van der Waals surface area contributed by atoms with Crippen molar-refractivity contribution in [3.63, 3.8) is 0 Å². The highest BCUT2D eigenvalue weighted by Crippen LogP contribution is 2.37. The fraction of sp³-hybridized carbons (Fsp3) is 0.0625. The predicted octanol–water partition coefficient (Wildman–Crippen LogP) is 5.33. The van der Waals surface area contributed by atoms with Gasteiger partial charge >= 0.3 is 0 Å². The Bertz CT molecular complexity index is 771. The molecule has 100 valence electrons. The monoisotopic (exact) mass is 347 g/mol. The van der Waals surface area contributed by atoms with E-state index in [1.165, 1.54) is 0 Å². The molecule has 3 aromatic rings. The van der Waals surface area contributed by atoms with Gasteiger partial charge in [-0.25, -0.2) is 4.98 Å². The molecule has 0 saturated carbocycles. The summed E-state index contributed by atoms with van der Waals surface area (Å²) in [5, 5.41) is 1.62. The molecular formula is C16H11BrClNO. The van der Waals surface area contributed by atoms with Gasteiger partial charge in [0.1, 0.15) is 5.75 Å². The summed E-state index contributed by atoms with van der Waals surface area (Å²) in [5.74, 6) is 0.816. The highest BCUT2D eigenvalue weighted by atomic mass is 79.9. The van der Waals surface area contributed by atoms with E-state index in [1.54, 1.807) is 7.11 Å². The van der Waals surface area contributed by atoms with Gasteiger partial charge in [0, 0.05) is 10.9 Å². The molecule has 0 saturated heterocycles.